The highest BCUT2D eigenvalue weighted by Gasteiger charge is 2.32. The molecule has 13 heavy (non-hydrogen) atoms. The van der Waals surface area contributed by atoms with Gasteiger partial charge >= 0.3 is 0 Å². The molecule has 1 saturated heterocycles. The van der Waals surface area contributed by atoms with Gasteiger partial charge in [-0.15, -0.1) is 6.58 Å². The highest BCUT2D eigenvalue weighted by atomic mass is 16.6. The van der Waals surface area contributed by atoms with Crippen molar-refractivity contribution in [1.82, 2.24) is 0 Å². The number of allylic oxidation sites excluding steroid dienone is 1. The summed E-state index contributed by atoms with van der Waals surface area (Å²) in [5.41, 5.74) is -0.0236. The van der Waals surface area contributed by atoms with Crippen LogP contribution < -0.4 is 0 Å². The van der Waals surface area contributed by atoms with Crippen LogP contribution in [0.5, 0.6) is 0 Å². The SMILES string of the molecule is [2H]C([2H])=C(C=O)[C@H]1CC([2H])O[C@H](O)[C@@H]1C=C. The molecule has 72 valence electrons. The van der Waals surface area contributed by atoms with Crippen LogP contribution in [0.25, 0.3) is 0 Å². The van der Waals surface area contributed by atoms with Crippen molar-refractivity contribution in [2.45, 2.75) is 12.7 Å². The molecule has 0 spiro atoms. The van der Waals surface area contributed by atoms with Crippen LogP contribution in [0.4, 0.5) is 0 Å². The number of hydrogen-bond acceptors (Lipinski definition) is 3. The van der Waals surface area contributed by atoms with E-state index in [1.54, 1.807) is 0 Å². The van der Waals surface area contributed by atoms with Crippen molar-refractivity contribution in [3.05, 3.63) is 24.8 Å². The summed E-state index contributed by atoms with van der Waals surface area (Å²) in [4.78, 5) is 10.8. The summed E-state index contributed by atoms with van der Waals surface area (Å²) in [7, 11) is 0. The molecular weight excluding hydrogens is 168 g/mol. The quantitative estimate of drug-likeness (QED) is 0.403. The van der Waals surface area contributed by atoms with Gasteiger partial charge in [0, 0.05) is 5.92 Å². The van der Waals surface area contributed by atoms with Crippen molar-refractivity contribution in [3.63, 3.8) is 0 Å². The van der Waals surface area contributed by atoms with Gasteiger partial charge in [0.25, 0.3) is 0 Å². The van der Waals surface area contributed by atoms with E-state index in [2.05, 4.69) is 6.58 Å². The van der Waals surface area contributed by atoms with E-state index in [9.17, 15) is 9.90 Å². The van der Waals surface area contributed by atoms with Crippen molar-refractivity contribution in [1.29, 1.82) is 0 Å². The number of carbonyl (C=O) groups is 1. The van der Waals surface area contributed by atoms with E-state index in [4.69, 9.17) is 8.85 Å². The Kier molecular flexibility index (Phi) is 2.18. The second-order valence-corrected chi connectivity index (χ2v) is 2.92. The number of aliphatic hydroxyl groups excluding tert-OH is 1. The van der Waals surface area contributed by atoms with E-state index in [-0.39, 0.29) is 12.0 Å². The molecule has 0 radical (unpaired) electrons. The molecule has 0 saturated carbocycles. The maximum absolute atomic E-state index is 10.8. The van der Waals surface area contributed by atoms with Crippen molar-refractivity contribution >= 4 is 6.29 Å². The Bertz CT molecular complexity index is 312. The number of aldehydes is 1. The highest BCUT2D eigenvalue weighted by Crippen LogP contribution is 2.30. The minimum absolute atomic E-state index is 0.0236. The molecule has 0 aromatic rings. The maximum Gasteiger partial charge on any atom is 0.161 e. The van der Waals surface area contributed by atoms with Crippen LogP contribution in [0.3, 0.4) is 0 Å². The van der Waals surface area contributed by atoms with E-state index >= 15 is 0 Å². The largest absolute Gasteiger partial charge is 0.367 e. The first kappa shape index (κ1) is 6.51. The third kappa shape index (κ3) is 2.05. The Morgan fingerprint density at radius 2 is 2.62 bits per heavy atom. The molecule has 1 unspecified atom stereocenters. The van der Waals surface area contributed by atoms with Crippen LogP contribution in [0.2, 0.25) is 0 Å². The molecule has 0 bridgehead atoms. The van der Waals surface area contributed by atoms with Crippen LogP contribution in [0.1, 0.15) is 10.5 Å². The number of rotatable bonds is 3. The molecule has 1 N–H and O–H groups in total. The fourth-order valence-corrected chi connectivity index (χ4v) is 1.41. The van der Waals surface area contributed by atoms with Gasteiger partial charge in [0.2, 0.25) is 0 Å². The maximum atomic E-state index is 10.8. The standard InChI is InChI=1S/C10H14O3/c1-3-8-9(7(2)6-11)4-5-13-10(8)12/h3,6,8-10,12H,1-2,4-5H2/t8-,9-,10+/m1/s1/i2D2,5D/t5?,8-,9-,10+. The van der Waals surface area contributed by atoms with Crippen molar-refractivity contribution in [2.24, 2.45) is 11.8 Å². The third-order valence-corrected chi connectivity index (χ3v) is 2.18. The molecule has 3 heteroatoms. The fraction of sp³-hybridized carbons (Fsp3) is 0.500. The van der Waals surface area contributed by atoms with Crippen LogP contribution in [0, 0.1) is 11.8 Å². The second-order valence-electron chi connectivity index (χ2n) is 2.92. The van der Waals surface area contributed by atoms with Crippen molar-refractivity contribution in [2.75, 3.05) is 6.58 Å². The highest BCUT2D eigenvalue weighted by molar-refractivity contribution is 5.73. The Hall–Kier alpha value is -0.930. The lowest BCUT2D eigenvalue weighted by Gasteiger charge is -2.33. The predicted molar refractivity (Wildman–Crippen MR) is 49.0 cm³/mol. The van der Waals surface area contributed by atoms with E-state index < -0.39 is 31.2 Å². The molecule has 0 aromatic heterocycles. The Morgan fingerprint density at radius 3 is 3.15 bits per heavy atom. The molecule has 1 fully saturated rings. The van der Waals surface area contributed by atoms with E-state index in [0.29, 0.717) is 6.29 Å². The molecule has 1 aliphatic heterocycles. The summed E-state index contributed by atoms with van der Waals surface area (Å²) in [5.74, 6) is -1.11. The Morgan fingerprint density at radius 1 is 1.85 bits per heavy atom. The summed E-state index contributed by atoms with van der Waals surface area (Å²) in [6.07, 6.45) is 0.811. The molecule has 3 nitrogen and oxygen atoms in total. The number of hydrogen-bond donors (Lipinski definition) is 1. The smallest absolute Gasteiger partial charge is 0.161 e. The fourth-order valence-electron chi connectivity index (χ4n) is 1.41. The first-order valence-corrected chi connectivity index (χ1v) is 4.02. The van der Waals surface area contributed by atoms with Gasteiger partial charge < -0.3 is 9.84 Å². The molecule has 1 heterocycles. The first-order valence-electron chi connectivity index (χ1n) is 5.59. The lowest BCUT2D eigenvalue weighted by Crippen LogP contribution is -2.36. The molecule has 0 amide bonds. The number of carbonyl (C=O) groups excluding carboxylic acids is 1. The van der Waals surface area contributed by atoms with E-state index in [1.165, 1.54) is 6.08 Å². The van der Waals surface area contributed by atoms with Crippen LogP contribution >= 0.6 is 0 Å². The van der Waals surface area contributed by atoms with E-state index in [1.807, 2.05) is 0 Å². The van der Waals surface area contributed by atoms with E-state index in [0.717, 1.165) is 0 Å². The van der Waals surface area contributed by atoms with Crippen LogP contribution in [-0.4, -0.2) is 24.3 Å². The van der Waals surface area contributed by atoms with Crippen LogP contribution in [0.15, 0.2) is 24.8 Å². The number of ether oxygens (including phenoxy) is 1. The molecular formula is C10H14O3. The minimum atomic E-state index is -1.21. The summed E-state index contributed by atoms with van der Waals surface area (Å²) in [5, 5.41) is 9.56. The summed E-state index contributed by atoms with van der Waals surface area (Å²) in [6, 6.07) is 0. The molecule has 4 atom stereocenters. The predicted octanol–water partition coefficient (Wildman–Crippen LogP) is 0.899. The van der Waals surface area contributed by atoms with Gasteiger partial charge in [-0.1, -0.05) is 12.6 Å². The zero-order chi connectivity index (χ0) is 12.3. The topological polar surface area (TPSA) is 46.5 Å². The zero-order valence-electron chi connectivity index (χ0n) is 10.1. The molecule has 0 aliphatic carbocycles. The van der Waals surface area contributed by atoms with Gasteiger partial charge in [-0.05, 0) is 17.9 Å². The monoisotopic (exact) mass is 185 g/mol. The second kappa shape index (κ2) is 4.35. The lowest BCUT2D eigenvalue weighted by atomic mass is 9.82. The van der Waals surface area contributed by atoms with Crippen LogP contribution in [-0.2, 0) is 9.53 Å². The summed E-state index contributed by atoms with van der Waals surface area (Å²) >= 11 is 0. The Labute approximate surface area is 81.9 Å². The summed E-state index contributed by atoms with van der Waals surface area (Å²) < 4.78 is 26.6. The van der Waals surface area contributed by atoms with Crippen molar-refractivity contribution in [3.8, 4) is 0 Å². The first-order chi connectivity index (χ1) is 7.51. The van der Waals surface area contributed by atoms with Gasteiger partial charge in [0.1, 0.15) is 6.29 Å². The number of aliphatic hydroxyl groups is 1. The zero-order valence-corrected chi connectivity index (χ0v) is 7.14. The summed E-state index contributed by atoms with van der Waals surface area (Å²) in [6.45, 7) is 1.98. The van der Waals surface area contributed by atoms with Gasteiger partial charge in [0.15, 0.2) is 6.29 Å². The lowest BCUT2D eigenvalue weighted by molar-refractivity contribution is -0.159. The van der Waals surface area contributed by atoms with Gasteiger partial charge in [-0.2, -0.15) is 0 Å². The molecule has 0 aromatic carbocycles. The Balaban J connectivity index is 3.02. The van der Waals surface area contributed by atoms with Crippen molar-refractivity contribution < 1.29 is 18.8 Å². The van der Waals surface area contributed by atoms with Gasteiger partial charge in [-0.25, -0.2) is 0 Å². The molecule has 1 aliphatic rings. The third-order valence-electron chi connectivity index (χ3n) is 2.18. The minimum Gasteiger partial charge on any atom is -0.367 e. The van der Waals surface area contributed by atoms with Gasteiger partial charge in [0.05, 0.1) is 10.7 Å². The molecule has 1 rings (SSSR count). The van der Waals surface area contributed by atoms with Gasteiger partial charge in [-0.3, -0.25) is 4.79 Å². The normalized spacial score (nSPS) is 42.4. The average Bonchev–Trinajstić information content (AvgIpc) is 2.17. The average molecular weight is 185 g/mol.